The molecule has 0 fully saturated rings. The second-order valence-corrected chi connectivity index (χ2v) is 4.66. The predicted octanol–water partition coefficient (Wildman–Crippen LogP) is 2.27. The highest BCUT2D eigenvalue weighted by Crippen LogP contribution is 2.33. The van der Waals surface area contributed by atoms with E-state index in [0.29, 0.717) is 12.5 Å². The molecule has 1 heterocycles. The molecular weight excluding hydrogens is 365 g/mol. The Morgan fingerprint density at radius 3 is 2.89 bits per heavy atom. The smallest absolute Gasteiger partial charge is 0.191 e. The lowest BCUT2D eigenvalue weighted by Gasteiger charge is -2.11. The largest absolute Gasteiger partial charge is 0.493 e. The molecule has 0 aromatic heterocycles. The van der Waals surface area contributed by atoms with E-state index in [1.165, 1.54) is 0 Å². The maximum atomic E-state index is 6.06. The monoisotopic (exact) mass is 381 g/mol. The van der Waals surface area contributed by atoms with Gasteiger partial charge >= 0.3 is 0 Å². The van der Waals surface area contributed by atoms with Gasteiger partial charge in [0.1, 0.15) is 5.75 Å². The number of guanidine groups is 1. The molecule has 1 aliphatic rings. The molecule has 2 rings (SSSR count). The van der Waals surface area contributed by atoms with Crippen LogP contribution in [0.3, 0.4) is 0 Å². The molecule has 1 aromatic carbocycles. The molecule has 1 aliphatic heterocycles. The molecule has 0 saturated heterocycles. The quantitative estimate of drug-likeness (QED) is 0.486. The van der Waals surface area contributed by atoms with Gasteiger partial charge in [0.2, 0.25) is 0 Å². The molecule has 0 saturated carbocycles. The van der Waals surface area contributed by atoms with Crippen molar-refractivity contribution >= 4 is 41.5 Å². The van der Waals surface area contributed by atoms with Crippen LogP contribution in [0.2, 0.25) is 5.02 Å². The average Bonchev–Trinajstić information content (AvgIpc) is 2.72. The number of hydrogen-bond donors (Lipinski definition) is 1. The van der Waals surface area contributed by atoms with Crippen LogP contribution in [0.15, 0.2) is 17.1 Å². The molecule has 2 N–H and O–H groups in total. The lowest BCUT2D eigenvalue weighted by Crippen LogP contribution is -2.30. The van der Waals surface area contributed by atoms with E-state index in [-0.39, 0.29) is 24.0 Å². The van der Waals surface area contributed by atoms with Crippen molar-refractivity contribution in [2.75, 3.05) is 20.7 Å². The van der Waals surface area contributed by atoms with Crippen LogP contribution in [0, 0.1) is 0 Å². The van der Waals surface area contributed by atoms with Gasteiger partial charge in [0, 0.05) is 31.1 Å². The lowest BCUT2D eigenvalue weighted by atomic mass is 10.1. The molecule has 0 atom stereocenters. The molecule has 6 heteroatoms. The van der Waals surface area contributed by atoms with Crippen molar-refractivity contribution < 1.29 is 4.74 Å². The summed E-state index contributed by atoms with van der Waals surface area (Å²) >= 11 is 6.06. The van der Waals surface area contributed by atoms with Gasteiger partial charge in [-0.15, -0.1) is 24.0 Å². The molecule has 100 valence electrons. The Hall–Kier alpha value is -0.690. The van der Waals surface area contributed by atoms with Crippen LogP contribution < -0.4 is 10.5 Å². The van der Waals surface area contributed by atoms with Crippen LogP contribution >= 0.6 is 35.6 Å². The van der Waals surface area contributed by atoms with E-state index in [9.17, 15) is 0 Å². The van der Waals surface area contributed by atoms with Gasteiger partial charge in [0.05, 0.1) is 13.2 Å². The zero-order valence-electron chi connectivity index (χ0n) is 10.4. The molecule has 4 nitrogen and oxygen atoms in total. The Labute approximate surface area is 129 Å². The molecule has 0 radical (unpaired) electrons. The second-order valence-electron chi connectivity index (χ2n) is 4.22. The highest BCUT2D eigenvalue weighted by Gasteiger charge is 2.17. The number of halogens is 2. The summed E-state index contributed by atoms with van der Waals surface area (Å²) < 4.78 is 5.60. The van der Waals surface area contributed by atoms with Crippen LogP contribution in [-0.4, -0.2) is 31.6 Å². The Morgan fingerprint density at radius 1 is 1.50 bits per heavy atom. The highest BCUT2D eigenvalue weighted by atomic mass is 127. The van der Waals surface area contributed by atoms with Gasteiger partial charge in [-0.2, -0.15) is 0 Å². The van der Waals surface area contributed by atoms with Crippen LogP contribution in [0.5, 0.6) is 5.75 Å². The molecule has 1 aromatic rings. The number of nitrogens with two attached hydrogens (primary N) is 1. The van der Waals surface area contributed by atoms with Crippen molar-refractivity contribution in [3.63, 3.8) is 0 Å². The van der Waals surface area contributed by atoms with E-state index in [0.717, 1.165) is 34.9 Å². The summed E-state index contributed by atoms with van der Waals surface area (Å²) in [5.74, 6) is 1.42. The third kappa shape index (κ3) is 3.41. The third-order valence-corrected chi connectivity index (χ3v) is 2.91. The summed E-state index contributed by atoms with van der Waals surface area (Å²) in [6.45, 7) is 1.21. The summed E-state index contributed by atoms with van der Waals surface area (Å²) in [4.78, 5) is 6.06. The summed E-state index contributed by atoms with van der Waals surface area (Å²) in [5.41, 5.74) is 7.90. The molecular formula is C12H17ClIN3O. The Morgan fingerprint density at radius 2 is 2.22 bits per heavy atom. The average molecular weight is 382 g/mol. The zero-order chi connectivity index (χ0) is 12.4. The number of nitrogens with zero attached hydrogens (tertiary/aromatic N) is 2. The fraction of sp³-hybridized carbons (Fsp3) is 0.417. The van der Waals surface area contributed by atoms with Crippen molar-refractivity contribution in [1.29, 1.82) is 0 Å². The first-order chi connectivity index (χ1) is 8.08. The molecule has 0 spiro atoms. The maximum absolute atomic E-state index is 6.06. The van der Waals surface area contributed by atoms with E-state index in [2.05, 4.69) is 4.99 Å². The molecule has 0 amide bonds. The van der Waals surface area contributed by atoms with Crippen LogP contribution in [0.4, 0.5) is 0 Å². The van der Waals surface area contributed by atoms with Crippen molar-refractivity contribution in [1.82, 2.24) is 4.90 Å². The van der Waals surface area contributed by atoms with E-state index < -0.39 is 0 Å². The fourth-order valence-electron chi connectivity index (χ4n) is 1.77. The van der Waals surface area contributed by atoms with E-state index in [1.807, 2.05) is 26.2 Å². The number of fused-ring (bicyclic) bond motifs is 1. The minimum atomic E-state index is 0. The first-order valence-corrected chi connectivity index (χ1v) is 5.87. The first-order valence-electron chi connectivity index (χ1n) is 5.49. The zero-order valence-corrected chi connectivity index (χ0v) is 13.5. The minimum Gasteiger partial charge on any atom is -0.493 e. The molecule has 18 heavy (non-hydrogen) atoms. The van der Waals surface area contributed by atoms with Crippen LogP contribution in [0.25, 0.3) is 0 Å². The molecule has 0 unspecified atom stereocenters. The molecule has 0 bridgehead atoms. The van der Waals surface area contributed by atoms with Gasteiger partial charge < -0.3 is 15.4 Å². The second kappa shape index (κ2) is 6.47. The SMILES string of the molecule is CN(C)C(N)=NCc1cc(Cl)cc2c1OCC2.I. The van der Waals surface area contributed by atoms with Crippen LogP contribution in [0.1, 0.15) is 11.1 Å². The summed E-state index contributed by atoms with van der Waals surface area (Å²) in [6, 6.07) is 3.84. The van der Waals surface area contributed by atoms with Gasteiger partial charge in [-0.25, -0.2) is 4.99 Å². The van der Waals surface area contributed by atoms with Gasteiger partial charge in [-0.3, -0.25) is 0 Å². The number of rotatable bonds is 2. The fourth-order valence-corrected chi connectivity index (χ4v) is 2.03. The molecule has 0 aliphatic carbocycles. The normalized spacial score (nSPS) is 13.6. The predicted molar refractivity (Wildman–Crippen MR) is 85.1 cm³/mol. The van der Waals surface area contributed by atoms with E-state index in [4.69, 9.17) is 22.1 Å². The van der Waals surface area contributed by atoms with Crippen molar-refractivity contribution in [2.45, 2.75) is 13.0 Å². The number of aliphatic imine (C=N–C) groups is 1. The van der Waals surface area contributed by atoms with Gasteiger partial charge in [0.25, 0.3) is 0 Å². The Bertz CT molecular complexity index is 463. The van der Waals surface area contributed by atoms with Gasteiger partial charge in [-0.1, -0.05) is 11.6 Å². The summed E-state index contributed by atoms with van der Waals surface area (Å²) in [7, 11) is 3.72. The number of ether oxygens (including phenoxy) is 1. The Kier molecular flexibility index (Phi) is 5.52. The lowest BCUT2D eigenvalue weighted by molar-refractivity contribution is 0.353. The standard InChI is InChI=1S/C12H16ClN3O.HI/c1-16(2)12(14)15-7-9-6-10(13)5-8-3-4-17-11(8)9;/h5-6H,3-4,7H2,1-2H3,(H2,14,15);1H. The van der Waals surface area contributed by atoms with Gasteiger partial charge in [-0.05, 0) is 17.7 Å². The van der Waals surface area contributed by atoms with Crippen molar-refractivity contribution in [3.8, 4) is 5.75 Å². The highest BCUT2D eigenvalue weighted by molar-refractivity contribution is 14.0. The topological polar surface area (TPSA) is 50.8 Å². The first kappa shape index (κ1) is 15.4. The maximum Gasteiger partial charge on any atom is 0.191 e. The van der Waals surface area contributed by atoms with E-state index in [1.54, 1.807) is 4.90 Å². The van der Waals surface area contributed by atoms with Crippen LogP contribution in [-0.2, 0) is 13.0 Å². The summed E-state index contributed by atoms with van der Waals surface area (Å²) in [5, 5.41) is 0.725. The van der Waals surface area contributed by atoms with Gasteiger partial charge in [0.15, 0.2) is 5.96 Å². The summed E-state index contributed by atoms with van der Waals surface area (Å²) in [6.07, 6.45) is 0.912. The number of benzene rings is 1. The van der Waals surface area contributed by atoms with Crippen molar-refractivity contribution in [2.24, 2.45) is 10.7 Å². The van der Waals surface area contributed by atoms with Crippen molar-refractivity contribution in [3.05, 3.63) is 28.3 Å². The third-order valence-electron chi connectivity index (χ3n) is 2.69. The minimum absolute atomic E-state index is 0. The number of hydrogen-bond acceptors (Lipinski definition) is 2. The van der Waals surface area contributed by atoms with E-state index >= 15 is 0 Å². The Balaban J connectivity index is 0.00000162.